The number of nitrogens with zero attached hydrogens (tertiary/aromatic N) is 2. The van der Waals surface area contributed by atoms with Crippen molar-refractivity contribution in [2.24, 2.45) is 52.8 Å². The first kappa shape index (κ1) is 37.9. The van der Waals surface area contributed by atoms with Crippen molar-refractivity contribution < 1.29 is 34.1 Å². The number of rotatable bonds is 7. The molecule has 3 aliphatic heterocycles. The summed E-state index contributed by atoms with van der Waals surface area (Å²) in [6.45, 7) is 15.9. The topological polar surface area (TPSA) is 128 Å². The van der Waals surface area contributed by atoms with Crippen molar-refractivity contribution in [1.82, 2.24) is 9.80 Å². The molecule has 0 aromatic rings. The average molecular weight is 683 g/mol. The van der Waals surface area contributed by atoms with Gasteiger partial charge in [-0.15, -0.1) is 0 Å². The summed E-state index contributed by atoms with van der Waals surface area (Å²) in [7, 11) is 3.45. The first-order valence-corrected chi connectivity index (χ1v) is 19.0. The van der Waals surface area contributed by atoms with E-state index in [4.69, 9.17) is 4.74 Å². The highest BCUT2D eigenvalue weighted by atomic mass is 16.6. The average Bonchev–Trinajstić information content (AvgIpc) is 3.58. The van der Waals surface area contributed by atoms with E-state index in [-0.39, 0.29) is 82.6 Å². The molecule has 0 radical (unpaired) electrons. The second kappa shape index (κ2) is 13.6. The van der Waals surface area contributed by atoms with Crippen LogP contribution >= 0.6 is 0 Å². The lowest BCUT2D eigenvalue weighted by atomic mass is 9.50. The van der Waals surface area contributed by atoms with E-state index < -0.39 is 29.1 Å². The molecule has 9 nitrogen and oxygen atoms in total. The fourth-order valence-electron chi connectivity index (χ4n) is 10.5. The van der Waals surface area contributed by atoms with Crippen molar-refractivity contribution in [2.45, 2.75) is 136 Å². The van der Waals surface area contributed by atoms with Gasteiger partial charge in [0.25, 0.3) is 0 Å². The number of ether oxygens (including phenoxy) is 1. The van der Waals surface area contributed by atoms with Gasteiger partial charge in [0.15, 0.2) is 11.6 Å². The van der Waals surface area contributed by atoms with Crippen LogP contribution in [0.3, 0.4) is 0 Å². The number of fused-ring (bicyclic) bond motifs is 1. The zero-order chi connectivity index (χ0) is 36.4. The number of aliphatic hydroxyl groups is 2. The van der Waals surface area contributed by atoms with Crippen LogP contribution in [0.5, 0.6) is 0 Å². The Morgan fingerprint density at radius 3 is 2.02 bits per heavy atom. The number of likely N-dealkylation sites (N-methyl/N-ethyl adjacent to an activating group) is 2. The predicted molar refractivity (Wildman–Crippen MR) is 188 cm³/mol. The summed E-state index contributed by atoms with van der Waals surface area (Å²) in [5.74, 6) is -1.25. The second-order valence-electron chi connectivity index (χ2n) is 16.8. The summed E-state index contributed by atoms with van der Waals surface area (Å²) in [5.41, 5.74) is -2.37. The molecule has 12 unspecified atom stereocenters. The Bertz CT molecular complexity index is 1370. The van der Waals surface area contributed by atoms with Gasteiger partial charge in [-0.05, 0) is 76.5 Å². The number of allylic oxidation sites excluding steroid dienone is 2. The largest absolute Gasteiger partial charge is 0.392 e. The number of Topliss-reactive ketones (excluding diaryl/α,β-unsaturated/α-hetero) is 2. The van der Waals surface area contributed by atoms with E-state index >= 15 is 0 Å². The molecule has 4 fully saturated rings. The summed E-state index contributed by atoms with van der Waals surface area (Å²) < 4.78 is 5.80. The monoisotopic (exact) mass is 682 g/mol. The minimum atomic E-state index is -1.04. The Morgan fingerprint density at radius 2 is 1.45 bits per heavy atom. The van der Waals surface area contributed by atoms with E-state index in [1.54, 1.807) is 23.9 Å². The van der Waals surface area contributed by atoms with Crippen LogP contribution < -0.4 is 0 Å². The highest BCUT2D eigenvalue weighted by Crippen LogP contribution is 2.58. The third kappa shape index (κ3) is 5.87. The number of amides is 2. The molecule has 3 saturated heterocycles. The maximum atomic E-state index is 13.5. The van der Waals surface area contributed by atoms with Gasteiger partial charge in [0, 0.05) is 31.8 Å². The van der Waals surface area contributed by atoms with Crippen molar-refractivity contribution in [3.63, 3.8) is 0 Å². The molecule has 2 N–H and O–H groups in total. The number of epoxide rings is 1. The van der Waals surface area contributed by atoms with Gasteiger partial charge in [-0.2, -0.15) is 0 Å². The normalized spacial score (nSPS) is 44.9. The first-order valence-electron chi connectivity index (χ1n) is 19.0. The Labute approximate surface area is 293 Å². The zero-order valence-electron chi connectivity index (χ0n) is 31.5. The highest BCUT2D eigenvalue weighted by molar-refractivity contribution is 6.15. The molecule has 6 aliphatic rings. The maximum Gasteiger partial charge on any atom is 0.237 e. The van der Waals surface area contributed by atoms with E-state index in [1.165, 1.54) is 0 Å². The van der Waals surface area contributed by atoms with Gasteiger partial charge in [0.2, 0.25) is 11.8 Å². The van der Waals surface area contributed by atoms with Crippen molar-refractivity contribution in [1.29, 1.82) is 0 Å². The van der Waals surface area contributed by atoms with Crippen molar-refractivity contribution in [3.8, 4) is 0 Å². The van der Waals surface area contributed by atoms with Crippen molar-refractivity contribution in [2.75, 3.05) is 14.1 Å². The molecule has 1 saturated carbocycles. The predicted octanol–water partition coefficient (Wildman–Crippen LogP) is 4.98. The van der Waals surface area contributed by atoms with Crippen LogP contribution in [0, 0.1) is 52.8 Å². The lowest BCUT2D eigenvalue weighted by Gasteiger charge is -2.54. The number of ketones is 2. The Balaban J connectivity index is 0.000000191. The number of carbonyl (C=O) groups excluding carboxylic acids is 4. The van der Waals surface area contributed by atoms with Crippen molar-refractivity contribution >= 4 is 23.4 Å². The Kier molecular flexibility index (Phi) is 10.6. The van der Waals surface area contributed by atoms with Crippen LogP contribution in [0.1, 0.15) is 100 Å². The third-order valence-corrected chi connectivity index (χ3v) is 14.3. The van der Waals surface area contributed by atoms with Gasteiger partial charge >= 0.3 is 0 Å². The zero-order valence-corrected chi connectivity index (χ0v) is 31.5. The molecule has 3 aliphatic carbocycles. The molecule has 49 heavy (non-hydrogen) atoms. The molecule has 6 rings (SSSR count). The molecule has 0 aromatic heterocycles. The maximum absolute atomic E-state index is 13.5. The van der Waals surface area contributed by atoms with Gasteiger partial charge < -0.3 is 24.7 Å². The van der Waals surface area contributed by atoms with E-state index in [1.807, 2.05) is 41.5 Å². The number of carbonyl (C=O) groups is 4. The minimum absolute atomic E-state index is 0.0415. The Hall–Kier alpha value is -2.36. The molecule has 3 heterocycles. The van der Waals surface area contributed by atoms with Crippen LogP contribution in [0.2, 0.25) is 0 Å². The lowest BCUT2D eigenvalue weighted by Crippen LogP contribution is -2.61. The van der Waals surface area contributed by atoms with Crippen LogP contribution in [-0.4, -0.2) is 93.0 Å². The van der Waals surface area contributed by atoms with E-state index in [0.29, 0.717) is 6.42 Å². The quantitative estimate of drug-likeness (QED) is 0.220. The molecular weight excluding hydrogens is 620 g/mol. The standard InChI is InChI=1S/C20H31NO4.C20H31NO3/c1-6-11(2)16-18(23)15(19(24)21(16)5)17(22)13-9-7-8-10-14(13)20(4)12(3)25-20;1-6-12(2)16-17(22)20(18(23)21(16)5)11-14-9-7-8-10-15(14)19(4,24)13(20)3/h8,10-17,22H,6-7,9H2,1-5H3;8,10,12-16,24H,6-7,9,11H2,1-5H3/t11?,12?,13?,14?,15?,16-,17?,20?;12?,13?,14?,15?,16-,19-,20?/m11/s1. The van der Waals surface area contributed by atoms with Crippen LogP contribution in [-0.2, 0) is 23.9 Å². The summed E-state index contributed by atoms with van der Waals surface area (Å²) in [5, 5.41) is 22.4. The van der Waals surface area contributed by atoms with Crippen LogP contribution in [0.15, 0.2) is 24.3 Å². The van der Waals surface area contributed by atoms with Crippen LogP contribution in [0.4, 0.5) is 0 Å². The summed E-state index contributed by atoms with van der Waals surface area (Å²) in [6, 6.07) is -0.766. The van der Waals surface area contributed by atoms with Gasteiger partial charge in [-0.3, -0.25) is 19.2 Å². The van der Waals surface area contributed by atoms with Gasteiger partial charge in [-0.25, -0.2) is 0 Å². The summed E-state index contributed by atoms with van der Waals surface area (Å²) in [6.07, 6.45) is 13.5. The summed E-state index contributed by atoms with van der Waals surface area (Å²) >= 11 is 0. The molecule has 2 amide bonds. The number of likely N-dealkylation sites (tertiary alicyclic amines) is 2. The highest BCUT2D eigenvalue weighted by Gasteiger charge is 2.68. The first-order chi connectivity index (χ1) is 22.9. The summed E-state index contributed by atoms with van der Waals surface area (Å²) in [4.78, 5) is 55.7. The SMILES string of the molecule is CCC(C)[C@@H]1C(=O)C(C(O)C2CCC=CC2C2(C)OC2C)C(=O)N1C.CCC(C)[C@@H]1C(=O)C2(CC3CCC=CC3[C@](C)(O)C2C)C(=O)N1C. The van der Waals surface area contributed by atoms with Gasteiger partial charge in [0.1, 0.15) is 11.3 Å². The number of aliphatic hydroxyl groups excluding tert-OH is 1. The lowest BCUT2D eigenvalue weighted by molar-refractivity contribution is -0.172. The number of hydrogen-bond donors (Lipinski definition) is 2. The third-order valence-electron chi connectivity index (χ3n) is 14.3. The Morgan fingerprint density at radius 1 is 0.898 bits per heavy atom. The molecular formula is C40H62N2O7. The fraction of sp³-hybridized carbons (Fsp3) is 0.800. The molecule has 274 valence electrons. The second-order valence-corrected chi connectivity index (χ2v) is 16.8. The van der Waals surface area contributed by atoms with E-state index in [2.05, 4.69) is 38.2 Å². The van der Waals surface area contributed by atoms with Gasteiger partial charge in [-0.1, -0.05) is 71.8 Å². The van der Waals surface area contributed by atoms with Gasteiger partial charge in [0.05, 0.1) is 35.5 Å². The minimum Gasteiger partial charge on any atom is -0.392 e. The van der Waals surface area contributed by atoms with E-state index in [9.17, 15) is 29.4 Å². The van der Waals surface area contributed by atoms with Crippen molar-refractivity contribution in [3.05, 3.63) is 24.3 Å². The molecule has 0 bridgehead atoms. The molecule has 15 atom stereocenters. The van der Waals surface area contributed by atoms with Crippen LogP contribution in [0.25, 0.3) is 0 Å². The fourth-order valence-corrected chi connectivity index (χ4v) is 10.5. The molecule has 9 heteroatoms. The number of hydrogen-bond acceptors (Lipinski definition) is 7. The van der Waals surface area contributed by atoms with E-state index in [0.717, 1.165) is 38.5 Å². The smallest absolute Gasteiger partial charge is 0.237 e. The molecule has 1 spiro atoms. The molecule has 0 aromatic carbocycles.